The molecule has 9 heteroatoms. The summed E-state index contributed by atoms with van der Waals surface area (Å²) in [4.78, 5) is 32.4. The number of hydrogen-bond donors (Lipinski definition) is 2. The van der Waals surface area contributed by atoms with Crippen LogP contribution < -0.4 is 11.1 Å². The topological polar surface area (TPSA) is 90.0 Å². The number of fused-ring (bicyclic) bond motifs is 2. The number of rotatable bonds is 8. The van der Waals surface area contributed by atoms with Crippen LogP contribution in [0.3, 0.4) is 0 Å². The van der Waals surface area contributed by atoms with E-state index in [0.717, 1.165) is 27.0 Å². The van der Waals surface area contributed by atoms with E-state index in [1.54, 1.807) is 24.3 Å². The number of primary amides is 1. The number of nitrogens with zero attached hydrogens (tertiary/aromatic N) is 2. The normalized spacial score (nSPS) is 14.5. The molecule has 1 aliphatic rings. The van der Waals surface area contributed by atoms with E-state index in [4.69, 9.17) is 10.7 Å². The zero-order valence-electron chi connectivity index (χ0n) is 23.3. The molecule has 1 aliphatic carbocycles. The quantitative estimate of drug-likeness (QED) is 0.210. The second kappa shape index (κ2) is 11.1. The molecular formula is C33H30F2N4O2S. The van der Waals surface area contributed by atoms with Gasteiger partial charge in [-0.15, -0.1) is 11.3 Å². The maximum Gasteiger partial charge on any atom is 0.261 e. The lowest BCUT2D eigenvalue weighted by Gasteiger charge is -2.15. The minimum Gasteiger partial charge on any atom is -0.366 e. The van der Waals surface area contributed by atoms with Crippen LogP contribution in [0.25, 0.3) is 21.5 Å². The molecule has 3 heterocycles. The van der Waals surface area contributed by atoms with Gasteiger partial charge < -0.3 is 15.6 Å². The van der Waals surface area contributed by atoms with Gasteiger partial charge in [0.25, 0.3) is 11.8 Å². The number of nitrogens with one attached hydrogen (secondary N) is 1. The van der Waals surface area contributed by atoms with Crippen molar-refractivity contribution in [3.63, 3.8) is 0 Å². The predicted molar refractivity (Wildman–Crippen MR) is 161 cm³/mol. The van der Waals surface area contributed by atoms with Gasteiger partial charge in [0.15, 0.2) is 0 Å². The van der Waals surface area contributed by atoms with Crippen LogP contribution >= 0.6 is 11.3 Å². The van der Waals surface area contributed by atoms with Crippen LogP contribution in [0.1, 0.15) is 68.7 Å². The number of hydrogen-bond acceptors (Lipinski definition) is 4. The Hall–Kier alpha value is -4.37. The Morgan fingerprint density at radius 2 is 1.83 bits per heavy atom. The first-order chi connectivity index (χ1) is 20.2. The molecule has 0 saturated heterocycles. The highest BCUT2D eigenvalue weighted by molar-refractivity contribution is 7.17. The Morgan fingerprint density at radius 1 is 1.07 bits per heavy atom. The molecule has 0 fully saturated rings. The third-order valence-electron chi connectivity index (χ3n) is 7.66. The van der Waals surface area contributed by atoms with E-state index < -0.39 is 5.91 Å². The van der Waals surface area contributed by atoms with Gasteiger partial charge in [-0.3, -0.25) is 9.59 Å². The first kappa shape index (κ1) is 27.8. The van der Waals surface area contributed by atoms with Gasteiger partial charge in [0, 0.05) is 28.6 Å². The van der Waals surface area contributed by atoms with E-state index in [9.17, 15) is 18.4 Å². The van der Waals surface area contributed by atoms with Crippen molar-refractivity contribution in [1.82, 2.24) is 14.9 Å². The molecule has 2 amide bonds. The second-order valence-electron chi connectivity index (χ2n) is 11.1. The van der Waals surface area contributed by atoms with Gasteiger partial charge in [0.2, 0.25) is 0 Å². The average molecular weight is 585 g/mol. The van der Waals surface area contributed by atoms with Gasteiger partial charge in [-0.25, -0.2) is 13.8 Å². The fraction of sp³-hybridized carbons (Fsp3) is 0.242. The standard InChI is InChI=1S/C33H30F2N4O2S/c1-18(2)15-26-30(31(36)40)29(24-13-14-39(32(24)37-26)17-19-3-6-21(34)7-4-19)27-11-12-28(42-27)33(41)38-25-10-5-20-16-22(35)8-9-23(20)25/h3-4,6-9,11-14,16,18,25H,5,10,15,17H2,1-2H3,(H2,36,40)(H,38,41). The average Bonchev–Trinajstić information content (AvgIpc) is 3.68. The van der Waals surface area contributed by atoms with Crippen LogP contribution in [0.4, 0.5) is 8.78 Å². The van der Waals surface area contributed by atoms with E-state index >= 15 is 0 Å². The van der Waals surface area contributed by atoms with Crippen molar-refractivity contribution in [3.8, 4) is 10.4 Å². The number of pyridine rings is 1. The van der Waals surface area contributed by atoms with E-state index in [1.807, 2.05) is 22.9 Å². The smallest absolute Gasteiger partial charge is 0.261 e. The molecule has 2 aromatic carbocycles. The lowest BCUT2D eigenvalue weighted by molar-refractivity contribution is 0.0939. The number of aromatic nitrogens is 2. The minimum absolute atomic E-state index is 0.189. The summed E-state index contributed by atoms with van der Waals surface area (Å²) < 4.78 is 29.1. The fourth-order valence-electron chi connectivity index (χ4n) is 5.78. The fourth-order valence-corrected chi connectivity index (χ4v) is 6.75. The Labute approximate surface area is 246 Å². The largest absolute Gasteiger partial charge is 0.366 e. The Kier molecular flexibility index (Phi) is 7.36. The maximum absolute atomic E-state index is 13.7. The molecule has 3 aromatic heterocycles. The highest BCUT2D eigenvalue weighted by atomic mass is 32.1. The van der Waals surface area contributed by atoms with E-state index in [2.05, 4.69) is 19.2 Å². The summed E-state index contributed by atoms with van der Waals surface area (Å²) in [6.07, 6.45) is 3.86. The minimum atomic E-state index is -0.574. The number of benzene rings is 2. The Bertz CT molecular complexity index is 1820. The molecule has 5 aromatic rings. The third-order valence-corrected chi connectivity index (χ3v) is 8.76. The number of nitrogens with two attached hydrogens (primary N) is 1. The van der Waals surface area contributed by atoms with Crippen molar-refractivity contribution in [2.24, 2.45) is 11.7 Å². The van der Waals surface area contributed by atoms with E-state index in [1.165, 1.54) is 35.6 Å². The first-order valence-corrected chi connectivity index (χ1v) is 14.7. The second-order valence-corrected chi connectivity index (χ2v) is 12.2. The van der Waals surface area contributed by atoms with Crippen molar-refractivity contribution in [2.45, 2.75) is 45.7 Å². The van der Waals surface area contributed by atoms with Gasteiger partial charge in [-0.1, -0.05) is 32.0 Å². The van der Waals surface area contributed by atoms with Crippen molar-refractivity contribution in [2.75, 3.05) is 0 Å². The molecule has 0 saturated carbocycles. The van der Waals surface area contributed by atoms with Gasteiger partial charge in [-0.2, -0.15) is 0 Å². The zero-order chi connectivity index (χ0) is 29.5. The molecule has 1 atom stereocenters. The lowest BCUT2D eigenvalue weighted by Crippen LogP contribution is -2.26. The summed E-state index contributed by atoms with van der Waals surface area (Å²) in [5, 5.41) is 3.85. The molecule has 0 spiro atoms. The number of thiophene rings is 1. The summed E-state index contributed by atoms with van der Waals surface area (Å²) in [6, 6.07) is 16.3. The molecule has 0 aliphatic heterocycles. The van der Waals surface area contributed by atoms with Crippen LogP contribution in [-0.2, 0) is 19.4 Å². The summed E-state index contributed by atoms with van der Waals surface area (Å²) in [5.41, 5.74) is 11.0. The molecule has 214 valence electrons. The number of aryl methyl sites for hydroxylation is 1. The van der Waals surface area contributed by atoms with Crippen molar-refractivity contribution < 1.29 is 18.4 Å². The van der Waals surface area contributed by atoms with Gasteiger partial charge in [0.05, 0.1) is 22.2 Å². The van der Waals surface area contributed by atoms with Crippen LogP contribution in [0.5, 0.6) is 0 Å². The predicted octanol–water partition coefficient (Wildman–Crippen LogP) is 6.81. The molecule has 0 radical (unpaired) electrons. The summed E-state index contributed by atoms with van der Waals surface area (Å²) >= 11 is 1.29. The molecule has 6 rings (SSSR count). The van der Waals surface area contributed by atoms with Gasteiger partial charge in [-0.05, 0) is 84.3 Å². The highest BCUT2D eigenvalue weighted by Gasteiger charge is 2.27. The molecule has 42 heavy (non-hydrogen) atoms. The molecule has 6 nitrogen and oxygen atoms in total. The van der Waals surface area contributed by atoms with Crippen molar-refractivity contribution in [3.05, 3.63) is 111 Å². The SMILES string of the molecule is CC(C)Cc1nc2c(ccn2Cc2ccc(F)cc2)c(-c2ccc(C(=O)NC3CCc4cc(F)ccc43)s2)c1C(N)=O. The number of carbonyl (C=O) groups is 2. The number of carbonyl (C=O) groups excluding carboxylic acids is 2. The molecule has 3 N–H and O–H groups in total. The van der Waals surface area contributed by atoms with Crippen LogP contribution in [0.2, 0.25) is 0 Å². The highest BCUT2D eigenvalue weighted by Crippen LogP contribution is 2.39. The zero-order valence-corrected chi connectivity index (χ0v) is 24.1. The monoisotopic (exact) mass is 584 g/mol. The van der Waals surface area contributed by atoms with Crippen LogP contribution in [0.15, 0.2) is 66.9 Å². The molecular weight excluding hydrogens is 554 g/mol. The van der Waals surface area contributed by atoms with Crippen LogP contribution in [-0.4, -0.2) is 21.4 Å². The Morgan fingerprint density at radius 3 is 2.57 bits per heavy atom. The number of halogens is 2. The Balaban J connectivity index is 1.39. The lowest BCUT2D eigenvalue weighted by atomic mass is 9.96. The van der Waals surface area contributed by atoms with Crippen molar-refractivity contribution >= 4 is 34.2 Å². The summed E-state index contributed by atoms with van der Waals surface area (Å²) in [7, 11) is 0. The third kappa shape index (κ3) is 5.32. The maximum atomic E-state index is 13.7. The van der Waals surface area contributed by atoms with Crippen LogP contribution in [0, 0.1) is 17.6 Å². The number of amides is 2. The summed E-state index contributed by atoms with van der Waals surface area (Å²) in [6.45, 7) is 4.58. The summed E-state index contributed by atoms with van der Waals surface area (Å²) in [5.74, 6) is -1.16. The molecule has 1 unspecified atom stereocenters. The van der Waals surface area contributed by atoms with E-state index in [-0.39, 0.29) is 29.5 Å². The van der Waals surface area contributed by atoms with Gasteiger partial charge >= 0.3 is 0 Å². The first-order valence-electron chi connectivity index (χ1n) is 13.9. The van der Waals surface area contributed by atoms with Crippen molar-refractivity contribution in [1.29, 1.82) is 0 Å². The van der Waals surface area contributed by atoms with E-state index in [0.29, 0.717) is 53.2 Å². The molecule has 0 bridgehead atoms. The van der Waals surface area contributed by atoms with Gasteiger partial charge in [0.1, 0.15) is 17.3 Å².